The van der Waals surface area contributed by atoms with Gasteiger partial charge in [0.15, 0.2) is 0 Å². The summed E-state index contributed by atoms with van der Waals surface area (Å²) in [7, 11) is 4.51. The fourth-order valence-electron chi connectivity index (χ4n) is 3.33. The van der Waals surface area contributed by atoms with Gasteiger partial charge in [-0.2, -0.15) is 11.8 Å². The van der Waals surface area contributed by atoms with Crippen molar-refractivity contribution in [3.8, 4) is 0 Å². The summed E-state index contributed by atoms with van der Waals surface area (Å²) in [5.41, 5.74) is 0.446. The highest BCUT2D eigenvalue weighted by atomic mass is 32.2. The minimum atomic E-state index is 0.446. The van der Waals surface area contributed by atoms with Gasteiger partial charge >= 0.3 is 0 Å². The van der Waals surface area contributed by atoms with Gasteiger partial charge in [0, 0.05) is 23.4 Å². The molecule has 0 amide bonds. The van der Waals surface area contributed by atoms with Gasteiger partial charge in [-0.15, -0.1) is 0 Å². The van der Waals surface area contributed by atoms with Gasteiger partial charge in [0.2, 0.25) is 0 Å². The zero-order chi connectivity index (χ0) is 12.3. The number of nitrogens with one attached hydrogen (secondary N) is 1. The molecule has 0 aromatic rings. The van der Waals surface area contributed by atoms with Gasteiger partial charge in [0.25, 0.3) is 0 Å². The summed E-state index contributed by atoms with van der Waals surface area (Å²) in [4.78, 5) is 2.47. The van der Waals surface area contributed by atoms with Crippen LogP contribution in [0.25, 0.3) is 0 Å². The van der Waals surface area contributed by atoms with Crippen molar-refractivity contribution in [2.75, 3.05) is 26.4 Å². The average Bonchev–Trinajstić information content (AvgIpc) is 2.78. The van der Waals surface area contributed by atoms with Crippen molar-refractivity contribution in [1.82, 2.24) is 10.2 Å². The molecule has 0 aromatic carbocycles. The third kappa shape index (κ3) is 3.18. The second-order valence-corrected chi connectivity index (χ2v) is 7.52. The normalized spacial score (nSPS) is 33.2. The molecule has 1 aliphatic carbocycles. The molecule has 2 fully saturated rings. The van der Waals surface area contributed by atoms with E-state index in [0.717, 1.165) is 11.3 Å². The fraction of sp³-hybridized carbons (Fsp3) is 1.00. The second-order valence-electron chi connectivity index (χ2n) is 6.03. The Morgan fingerprint density at radius 1 is 1.24 bits per heavy atom. The van der Waals surface area contributed by atoms with Crippen LogP contribution in [0.1, 0.15) is 45.4 Å². The number of hydrogen-bond donors (Lipinski definition) is 1. The number of nitrogens with zero attached hydrogens (tertiary/aromatic N) is 1. The second kappa shape index (κ2) is 5.94. The quantitative estimate of drug-likeness (QED) is 0.832. The lowest BCUT2D eigenvalue weighted by Crippen LogP contribution is -2.53. The Morgan fingerprint density at radius 3 is 2.53 bits per heavy atom. The summed E-state index contributed by atoms with van der Waals surface area (Å²) in [6.07, 6.45) is 8.34. The molecular weight excluding hydrogens is 228 g/mol. The Balaban J connectivity index is 1.86. The van der Waals surface area contributed by atoms with Gasteiger partial charge < -0.3 is 10.2 Å². The van der Waals surface area contributed by atoms with E-state index in [0.29, 0.717) is 5.54 Å². The van der Waals surface area contributed by atoms with Crippen LogP contribution in [0.4, 0.5) is 0 Å². The molecular formula is C14H28N2S. The molecule has 1 saturated heterocycles. The molecule has 0 spiro atoms. The lowest BCUT2D eigenvalue weighted by Gasteiger charge is -2.39. The van der Waals surface area contributed by atoms with E-state index >= 15 is 0 Å². The Morgan fingerprint density at radius 2 is 1.94 bits per heavy atom. The molecule has 2 atom stereocenters. The molecule has 0 radical (unpaired) electrons. The van der Waals surface area contributed by atoms with Crippen LogP contribution < -0.4 is 5.32 Å². The van der Waals surface area contributed by atoms with Gasteiger partial charge in [-0.25, -0.2) is 0 Å². The zero-order valence-corrected chi connectivity index (χ0v) is 12.5. The van der Waals surface area contributed by atoms with Gasteiger partial charge in [0.1, 0.15) is 0 Å². The molecule has 0 aromatic heterocycles. The molecule has 2 nitrogen and oxygen atoms in total. The molecule has 3 heteroatoms. The van der Waals surface area contributed by atoms with Crippen molar-refractivity contribution < 1.29 is 0 Å². The topological polar surface area (TPSA) is 15.3 Å². The number of hydrogen-bond acceptors (Lipinski definition) is 3. The van der Waals surface area contributed by atoms with E-state index in [9.17, 15) is 0 Å². The van der Waals surface area contributed by atoms with E-state index in [4.69, 9.17) is 0 Å². The maximum atomic E-state index is 3.87. The van der Waals surface area contributed by atoms with Gasteiger partial charge in [-0.1, -0.05) is 19.8 Å². The van der Waals surface area contributed by atoms with E-state index in [1.807, 2.05) is 0 Å². The molecule has 2 rings (SSSR count). The van der Waals surface area contributed by atoms with Crippen molar-refractivity contribution in [2.24, 2.45) is 0 Å². The van der Waals surface area contributed by atoms with E-state index in [2.05, 4.69) is 43.0 Å². The van der Waals surface area contributed by atoms with E-state index in [-0.39, 0.29) is 0 Å². The summed E-state index contributed by atoms with van der Waals surface area (Å²) < 4.78 is 0. The molecule has 2 unspecified atom stereocenters. The highest BCUT2D eigenvalue weighted by molar-refractivity contribution is 7.99. The van der Waals surface area contributed by atoms with E-state index in [1.54, 1.807) is 0 Å². The summed E-state index contributed by atoms with van der Waals surface area (Å²) in [6, 6.07) is 0.742. The summed E-state index contributed by atoms with van der Waals surface area (Å²) in [5, 5.41) is 4.67. The monoisotopic (exact) mass is 256 g/mol. The third-order valence-corrected chi connectivity index (χ3v) is 6.16. The predicted molar refractivity (Wildman–Crippen MR) is 77.8 cm³/mol. The van der Waals surface area contributed by atoms with Crippen LogP contribution in [-0.4, -0.2) is 48.1 Å². The maximum absolute atomic E-state index is 3.87. The molecule has 1 N–H and O–H groups in total. The van der Waals surface area contributed by atoms with Crippen molar-refractivity contribution >= 4 is 11.8 Å². The van der Waals surface area contributed by atoms with Gasteiger partial charge in [-0.3, -0.25) is 0 Å². The summed E-state index contributed by atoms with van der Waals surface area (Å²) in [5.74, 6) is 1.36. The Kier molecular flexibility index (Phi) is 4.79. The Hall–Kier alpha value is 0.270. The highest BCUT2D eigenvalue weighted by Crippen LogP contribution is 2.34. The number of rotatable bonds is 4. The van der Waals surface area contributed by atoms with Crippen molar-refractivity contribution in [3.05, 3.63) is 0 Å². The SMILES string of the molecule is CC1SCCCC1NCC1(N(C)C)CCCC1. The predicted octanol–water partition coefficient (Wildman–Crippen LogP) is 2.73. The van der Waals surface area contributed by atoms with Crippen LogP contribution in [0.3, 0.4) is 0 Å². The molecule has 2 aliphatic rings. The standard InChI is InChI=1S/C14H28N2S/c1-12-13(7-6-10-17-12)15-11-14(16(2)3)8-4-5-9-14/h12-13,15H,4-11H2,1-3H3. The first kappa shape index (κ1) is 13.7. The van der Waals surface area contributed by atoms with Crippen LogP contribution in [0.5, 0.6) is 0 Å². The molecule has 0 bridgehead atoms. The van der Waals surface area contributed by atoms with Gasteiger partial charge in [0.05, 0.1) is 0 Å². The minimum Gasteiger partial charge on any atom is -0.311 e. The molecule has 17 heavy (non-hydrogen) atoms. The van der Waals surface area contributed by atoms with Crippen LogP contribution in [0, 0.1) is 0 Å². The third-order valence-electron chi connectivity index (χ3n) is 4.78. The maximum Gasteiger partial charge on any atom is 0.0327 e. The molecule has 1 heterocycles. The van der Waals surface area contributed by atoms with E-state index in [1.165, 1.54) is 50.8 Å². The zero-order valence-electron chi connectivity index (χ0n) is 11.7. The Bertz CT molecular complexity index is 236. The van der Waals surface area contributed by atoms with Crippen LogP contribution in [0.2, 0.25) is 0 Å². The summed E-state index contributed by atoms with van der Waals surface area (Å²) in [6.45, 7) is 3.58. The first-order valence-electron chi connectivity index (χ1n) is 7.16. The number of thioether (sulfide) groups is 1. The van der Waals surface area contributed by atoms with Crippen molar-refractivity contribution in [2.45, 2.75) is 62.3 Å². The molecule has 1 aliphatic heterocycles. The van der Waals surface area contributed by atoms with Crippen LogP contribution in [-0.2, 0) is 0 Å². The lowest BCUT2D eigenvalue weighted by molar-refractivity contribution is 0.148. The van der Waals surface area contributed by atoms with Crippen molar-refractivity contribution in [1.29, 1.82) is 0 Å². The smallest absolute Gasteiger partial charge is 0.0327 e. The minimum absolute atomic E-state index is 0.446. The Labute approximate surface area is 111 Å². The highest BCUT2D eigenvalue weighted by Gasteiger charge is 2.36. The van der Waals surface area contributed by atoms with Crippen molar-refractivity contribution in [3.63, 3.8) is 0 Å². The first-order chi connectivity index (χ1) is 8.14. The van der Waals surface area contributed by atoms with E-state index < -0.39 is 0 Å². The number of likely N-dealkylation sites (N-methyl/N-ethyl adjacent to an activating group) is 1. The fourth-order valence-corrected chi connectivity index (χ4v) is 4.50. The van der Waals surface area contributed by atoms with Crippen LogP contribution >= 0.6 is 11.8 Å². The summed E-state index contributed by atoms with van der Waals surface area (Å²) >= 11 is 2.14. The van der Waals surface area contributed by atoms with Gasteiger partial charge in [-0.05, 0) is 45.5 Å². The lowest BCUT2D eigenvalue weighted by atomic mass is 9.95. The first-order valence-corrected chi connectivity index (χ1v) is 8.21. The van der Waals surface area contributed by atoms with Crippen LogP contribution in [0.15, 0.2) is 0 Å². The average molecular weight is 256 g/mol. The molecule has 100 valence electrons. The largest absolute Gasteiger partial charge is 0.311 e. The molecule has 1 saturated carbocycles.